The van der Waals surface area contributed by atoms with Crippen LogP contribution in [-0.2, 0) is 14.3 Å². The molecule has 2 aromatic carbocycles. The van der Waals surface area contributed by atoms with Crippen molar-refractivity contribution in [3.05, 3.63) is 99.9 Å². The van der Waals surface area contributed by atoms with E-state index < -0.39 is 17.9 Å². The molecule has 0 spiro atoms. The molecule has 148 valence electrons. The zero-order valence-corrected chi connectivity index (χ0v) is 16.5. The average Bonchev–Trinajstić information content (AvgIpc) is 2.71. The number of carbonyl (C=O) groups is 2. The van der Waals surface area contributed by atoms with E-state index in [1.54, 1.807) is 37.3 Å². The largest absolute Gasteiger partial charge is 0.478 e. The number of benzene rings is 2. The highest BCUT2D eigenvalue weighted by molar-refractivity contribution is 6.30. The van der Waals surface area contributed by atoms with E-state index in [-0.39, 0.29) is 17.8 Å². The molecule has 1 atom stereocenters. The first-order valence-corrected chi connectivity index (χ1v) is 9.40. The molecule has 2 N–H and O–H groups in total. The van der Waals surface area contributed by atoms with Crippen molar-refractivity contribution < 1.29 is 19.4 Å². The molecular formula is C23H20ClNO4. The SMILES string of the molecule is CC1=C(C(=O)OC/C=C/c2ccccc2)C(c2cccc(Cl)c2)C(C(=O)O)=CN1. The third-order valence-electron chi connectivity index (χ3n) is 4.52. The van der Waals surface area contributed by atoms with Crippen LogP contribution in [0.25, 0.3) is 6.08 Å². The number of carboxylic acid groups (broad SMARTS) is 1. The minimum Gasteiger partial charge on any atom is -0.478 e. The number of hydrogen-bond donors (Lipinski definition) is 2. The Morgan fingerprint density at radius 1 is 1.17 bits per heavy atom. The van der Waals surface area contributed by atoms with Gasteiger partial charge in [-0.05, 0) is 36.3 Å². The van der Waals surface area contributed by atoms with Gasteiger partial charge in [0.1, 0.15) is 6.61 Å². The van der Waals surface area contributed by atoms with Gasteiger partial charge < -0.3 is 15.2 Å². The number of aliphatic carboxylic acids is 1. The second-order valence-corrected chi connectivity index (χ2v) is 6.92. The smallest absolute Gasteiger partial charge is 0.337 e. The van der Waals surface area contributed by atoms with Crippen molar-refractivity contribution in [1.82, 2.24) is 5.32 Å². The number of allylic oxidation sites excluding steroid dienone is 1. The van der Waals surface area contributed by atoms with Crippen LogP contribution >= 0.6 is 11.6 Å². The lowest BCUT2D eigenvalue weighted by Gasteiger charge is -2.26. The Hall–Kier alpha value is -3.31. The van der Waals surface area contributed by atoms with E-state index in [4.69, 9.17) is 16.3 Å². The summed E-state index contributed by atoms with van der Waals surface area (Å²) in [5, 5.41) is 13.0. The first-order chi connectivity index (χ1) is 14.0. The molecule has 1 aliphatic rings. The Morgan fingerprint density at radius 2 is 1.93 bits per heavy atom. The van der Waals surface area contributed by atoms with Gasteiger partial charge in [-0.3, -0.25) is 0 Å². The summed E-state index contributed by atoms with van der Waals surface area (Å²) in [4.78, 5) is 24.6. The predicted molar refractivity (Wildman–Crippen MR) is 112 cm³/mol. The number of rotatable bonds is 6. The summed E-state index contributed by atoms with van der Waals surface area (Å²) in [7, 11) is 0. The van der Waals surface area contributed by atoms with E-state index in [1.807, 2.05) is 36.4 Å². The van der Waals surface area contributed by atoms with E-state index in [9.17, 15) is 14.7 Å². The van der Waals surface area contributed by atoms with E-state index in [0.717, 1.165) is 5.56 Å². The van der Waals surface area contributed by atoms with Gasteiger partial charge in [-0.15, -0.1) is 0 Å². The van der Waals surface area contributed by atoms with Crippen molar-refractivity contribution in [3.8, 4) is 0 Å². The van der Waals surface area contributed by atoms with Crippen LogP contribution in [-0.4, -0.2) is 23.7 Å². The summed E-state index contributed by atoms with van der Waals surface area (Å²) < 4.78 is 5.41. The summed E-state index contributed by atoms with van der Waals surface area (Å²) in [6.07, 6.45) is 4.99. The number of ether oxygens (including phenoxy) is 1. The maximum absolute atomic E-state index is 12.8. The molecule has 5 nitrogen and oxygen atoms in total. The quantitative estimate of drug-likeness (QED) is 0.686. The number of esters is 1. The van der Waals surface area contributed by atoms with Gasteiger partial charge in [0.15, 0.2) is 0 Å². The molecule has 29 heavy (non-hydrogen) atoms. The molecule has 1 aliphatic heterocycles. The monoisotopic (exact) mass is 409 g/mol. The topological polar surface area (TPSA) is 75.6 Å². The van der Waals surface area contributed by atoms with Crippen LogP contribution in [0, 0.1) is 0 Å². The number of carboxylic acids is 1. The van der Waals surface area contributed by atoms with Crippen LogP contribution in [0.5, 0.6) is 0 Å². The van der Waals surface area contributed by atoms with Crippen LogP contribution < -0.4 is 5.32 Å². The van der Waals surface area contributed by atoms with Crippen molar-refractivity contribution in [2.75, 3.05) is 6.61 Å². The lowest BCUT2D eigenvalue weighted by molar-refractivity contribution is -0.138. The lowest BCUT2D eigenvalue weighted by Crippen LogP contribution is -2.29. The summed E-state index contributed by atoms with van der Waals surface area (Å²) >= 11 is 6.09. The second-order valence-electron chi connectivity index (χ2n) is 6.49. The predicted octanol–water partition coefficient (Wildman–Crippen LogP) is 4.53. The van der Waals surface area contributed by atoms with Crippen molar-refractivity contribution in [1.29, 1.82) is 0 Å². The first-order valence-electron chi connectivity index (χ1n) is 9.02. The fourth-order valence-electron chi connectivity index (χ4n) is 3.16. The molecular weight excluding hydrogens is 390 g/mol. The number of nitrogens with one attached hydrogen (secondary N) is 1. The molecule has 3 rings (SSSR count). The minimum atomic E-state index is -1.12. The third-order valence-corrected chi connectivity index (χ3v) is 4.75. The average molecular weight is 410 g/mol. The Balaban J connectivity index is 1.83. The van der Waals surface area contributed by atoms with E-state index in [2.05, 4.69) is 5.32 Å². The van der Waals surface area contributed by atoms with Gasteiger partial charge in [0, 0.05) is 16.9 Å². The highest BCUT2D eigenvalue weighted by Gasteiger charge is 2.35. The molecule has 1 unspecified atom stereocenters. The summed E-state index contributed by atoms with van der Waals surface area (Å²) in [5.41, 5.74) is 2.44. The second kappa shape index (κ2) is 9.26. The standard InChI is InChI=1S/C23H20ClNO4/c1-15-20(23(28)29-12-6-9-16-7-3-2-4-8-16)21(19(14-25-15)22(26)27)17-10-5-11-18(24)13-17/h2-11,13-14,21,25H,12H2,1H3,(H,26,27)/b9-6+. The van der Waals surface area contributed by atoms with Gasteiger partial charge in [0.2, 0.25) is 0 Å². The first kappa shape index (κ1) is 20.4. The molecule has 6 heteroatoms. The van der Waals surface area contributed by atoms with Gasteiger partial charge in [0.05, 0.1) is 17.1 Å². The molecule has 0 aliphatic carbocycles. The van der Waals surface area contributed by atoms with Crippen LogP contribution in [0.1, 0.15) is 24.0 Å². The third kappa shape index (κ3) is 4.95. The van der Waals surface area contributed by atoms with Gasteiger partial charge in [0.25, 0.3) is 0 Å². The van der Waals surface area contributed by atoms with E-state index in [0.29, 0.717) is 16.3 Å². The molecule has 1 heterocycles. The molecule has 0 aromatic heterocycles. The Labute approximate surface area is 174 Å². The Bertz CT molecular complexity index is 1010. The Morgan fingerprint density at radius 3 is 2.62 bits per heavy atom. The van der Waals surface area contributed by atoms with E-state index in [1.165, 1.54) is 6.20 Å². The fourth-order valence-corrected chi connectivity index (χ4v) is 3.36. The van der Waals surface area contributed by atoms with Crippen LogP contribution in [0.15, 0.2) is 83.7 Å². The molecule has 0 bridgehead atoms. The van der Waals surface area contributed by atoms with Gasteiger partial charge in [-0.25, -0.2) is 9.59 Å². The van der Waals surface area contributed by atoms with Gasteiger partial charge >= 0.3 is 11.9 Å². The molecule has 2 aromatic rings. The maximum Gasteiger partial charge on any atom is 0.337 e. The van der Waals surface area contributed by atoms with E-state index >= 15 is 0 Å². The van der Waals surface area contributed by atoms with Crippen LogP contribution in [0.3, 0.4) is 0 Å². The minimum absolute atomic E-state index is 0.0460. The normalized spacial score (nSPS) is 16.3. The highest BCUT2D eigenvalue weighted by Crippen LogP contribution is 2.37. The molecule has 0 radical (unpaired) electrons. The van der Waals surface area contributed by atoms with Gasteiger partial charge in [-0.1, -0.05) is 60.1 Å². The highest BCUT2D eigenvalue weighted by atomic mass is 35.5. The molecule has 0 saturated heterocycles. The summed E-state index contributed by atoms with van der Waals surface area (Å²) in [6.45, 7) is 1.78. The van der Waals surface area contributed by atoms with Crippen LogP contribution in [0.4, 0.5) is 0 Å². The zero-order chi connectivity index (χ0) is 20.8. The Kier molecular flexibility index (Phi) is 6.52. The number of halogens is 1. The molecule has 0 fully saturated rings. The van der Waals surface area contributed by atoms with Crippen molar-refractivity contribution in [3.63, 3.8) is 0 Å². The van der Waals surface area contributed by atoms with Crippen molar-refractivity contribution in [2.24, 2.45) is 0 Å². The molecule has 0 amide bonds. The lowest BCUT2D eigenvalue weighted by atomic mass is 9.82. The van der Waals surface area contributed by atoms with Gasteiger partial charge in [-0.2, -0.15) is 0 Å². The summed E-state index contributed by atoms with van der Waals surface area (Å²) in [5.74, 6) is -2.48. The van der Waals surface area contributed by atoms with Crippen molar-refractivity contribution >= 4 is 29.6 Å². The molecule has 0 saturated carbocycles. The number of dihydropyridines is 1. The summed E-state index contributed by atoms with van der Waals surface area (Å²) in [6, 6.07) is 16.5. The fraction of sp³-hybridized carbons (Fsp3) is 0.130. The number of hydrogen-bond acceptors (Lipinski definition) is 4. The van der Waals surface area contributed by atoms with Crippen molar-refractivity contribution in [2.45, 2.75) is 12.8 Å². The van der Waals surface area contributed by atoms with Crippen LogP contribution in [0.2, 0.25) is 5.02 Å². The zero-order valence-electron chi connectivity index (χ0n) is 15.8. The maximum atomic E-state index is 12.8. The number of carbonyl (C=O) groups excluding carboxylic acids is 1.